The first-order valence-electron chi connectivity index (χ1n) is 6.76. The number of rotatable bonds is 2. The number of ketones is 1. The highest BCUT2D eigenvalue weighted by Gasteiger charge is 2.35. The molecule has 2 heterocycles. The van der Waals surface area contributed by atoms with Gasteiger partial charge in [-0.25, -0.2) is 4.79 Å². The number of hydrogen-bond donors (Lipinski definition) is 2. The van der Waals surface area contributed by atoms with E-state index in [0.29, 0.717) is 24.3 Å². The third-order valence-electron chi connectivity index (χ3n) is 4.01. The topological polar surface area (TPSA) is 78.7 Å². The minimum Gasteiger partial charge on any atom is -0.398 e. The highest BCUT2D eigenvalue weighted by atomic mass is 16.2. The minimum absolute atomic E-state index is 0.0236. The quantitative estimate of drug-likeness (QED) is 0.614. The fraction of sp³-hybridized carbons (Fsp3) is 0.429. The van der Waals surface area contributed by atoms with E-state index in [1.165, 1.54) is 6.92 Å². The Labute approximate surface area is 117 Å². The van der Waals surface area contributed by atoms with Crippen molar-refractivity contribution >= 4 is 23.2 Å². The van der Waals surface area contributed by atoms with Gasteiger partial charge in [-0.15, -0.1) is 0 Å². The maximum atomic E-state index is 11.6. The van der Waals surface area contributed by atoms with E-state index in [2.05, 4.69) is 10.2 Å². The largest absolute Gasteiger partial charge is 0.398 e. The summed E-state index contributed by atoms with van der Waals surface area (Å²) in [5, 5.41) is 2.86. The first kappa shape index (κ1) is 12.8. The summed E-state index contributed by atoms with van der Waals surface area (Å²) in [6.07, 6.45) is 0. The van der Waals surface area contributed by atoms with Crippen molar-refractivity contribution in [3.05, 3.63) is 23.8 Å². The molecule has 106 valence electrons. The van der Waals surface area contributed by atoms with E-state index in [1.807, 2.05) is 17.0 Å². The molecule has 3 rings (SSSR count). The lowest BCUT2D eigenvalue weighted by molar-refractivity contribution is 0.101. The molecule has 1 atom stereocenters. The SMILES string of the molecule is CC(=O)c1ccc(N2CCN3C(=O)NCC3C2)cc1N. The van der Waals surface area contributed by atoms with Crippen molar-refractivity contribution in [2.24, 2.45) is 0 Å². The Morgan fingerprint density at radius 1 is 1.40 bits per heavy atom. The van der Waals surface area contributed by atoms with Gasteiger partial charge in [-0.1, -0.05) is 0 Å². The Morgan fingerprint density at radius 3 is 2.90 bits per heavy atom. The lowest BCUT2D eigenvalue weighted by atomic mass is 10.1. The number of piperazine rings is 1. The number of amides is 2. The van der Waals surface area contributed by atoms with E-state index in [4.69, 9.17) is 5.73 Å². The van der Waals surface area contributed by atoms with Crippen LogP contribution < -0.4 is 16.0 Å². The standard InChI is InChI=1S/C14H18N4O2/c1-9(19)12-3-2-10(6-13(12)15)17-4-5-18-11(8-17)7-16-14(18)20/h2-3,6,11H,4-5,7-8,15H2,1H3,(H,16,20). The molecule has 0 aromatic heterocycles. The second-order valence-electron chi connectivity index (χ2n) is 5.31. The predicted molar refractivity (Wildman–Crippen MR) is 77.0 cm³/mol. The maximum absolute atomic E-state index is 11.6. The molecule has 6 heteroatoms. The average Bonchev–Trinajstić information content (AvgIpc) is 2.79. The number of carbonyl (C=O) groups excluding carboxylic acids is 2. The predicted octanol–water partition coefficient (Wildman–Crippen LogP) is 0.685. The van der Waals surface area contributed by atoms with Crippen LogP contribution in [-0.4, -0.2) is 48.9 Å². The van der Waals surface area contributed by atoms with Gasteiger partial charge >= 0.3 is 6.03 Å². The lowest BCUT2D eigenvalue weighted by Gasteiger charge is -2.37. The van der Waals surface area contributed by atoms with Gasteiger partial charge in [0.25, 0.3) is 0 Å². The molecular weight excluding hydrogens is 256 g/mol. The van der Waals surface area contributed by atoms with Gasteiger partial charge in [-0.3, -0.25) is 4.79 Å². The van der Waals surface area contributed by atoms with Crippen LogP contribution in [0.1, 0.15) is 17.3 Å². The van der Waals surface area contributed by atoms with E-state index < -0.39 is 0 Å². The van der Waals surface area contributed by atoms with Gasteiger partial charge in [-0.05, 0) is 25.1 Å². The molecule has 6 nitrogen and oxygen atoms in total. The Hall–Kier alpha value is -2.24. The Balaban J connectivity index is 1.79. The second kappa shape index (κ2) is 4.70. The minimum atomic E-state index is -0.0236. The zero-order valence-corrected chi connectivity index (χ0v) is 11.4. The number of nitrogens with two attached hydrogens (primary N) is 1. The van der Waals surface area contributed by atoms with E-state index in [1.54, 1.807) is 6.07 Å². The van der Waals surface area contributed by atoms with Crippen molar-refractivity contribution in [3.63, 3.8) is 0 Å². The van der Waals surface area contributed by atoms with Crippen LogP contribution in [0.5, 0.6) is 0 Å². The Kier molecular flexibility index (Phi) is 3.00. The fourth-order valence-corrected chi connectivity index (χ4v) is 2.91. The Bertz CT molecular complexity index is 572. The summed E-state index contributed by atoms with van der Waals surface area (Å²) in [4.78, 5) is 27.0. The molecule has 2 amide bonds. The number of Topliss-reactive ketones (excluding diaryl/α,β-unsaturated/α-hetero) is 1. The zero-order valence-electron chi connectivity index (χ0n) is 11.4. The number of hydrogen-bond acceptors (Lipinski definition) is 4. The summed E-state index contributed by atoms with van der Waals surface area (Å²) < 4.78 is 0. The summed E-state index contributed by atoms with van der Waals surface area (Å²) in [6, 6.07) is 5.78. The van der Waals surface area contributed by atoms with Crippen LogP contribution in [0.3, 0.4) is 0 Å². The molecule has 20 heavy (non-hydrogen) atoms. The van der Waals surface area contributed by atoms with Gasteiger partial charge < -0.3 is 20.9 Å². The van der Waals surface area contributed by atoms with Gasteiger partial charge in [0.2, 0.25) is 0 Å². The number of benzene rings is 1. The second-order valence-corrected chi connectivity index (χ2v) is 5.31. The number of nitrogens with zero attached hydrogens (tertiary/aromatic N) is 2. The molecule has 1 aromatic rings. The van der Waals surface area contributed by atoms with Gasteiger partial charge in [0, 0.05) is 43.1 Å². The summed E-state index contributed by atoms with van der Waals surface area (Å²) >= 11 is 0. The Morgan fingerprint density at radius 2 is 2.20 bits per heavy atom. The van der Waals surface area contributed by atoms with E-state index >= 15 is 0 Å². The molecule has 2 aliphatic heterocycles. The highest BCUT2D eigenvalue weighted by molar-refractivity contribution is 5.99. The van der Waals surface area contributed by atoms with Gasteiger partial charge in [0.05, 0.1) is 6.04 Å². The molecule has 0 saturated carbocycles. The van der Waals surface area contributed by atoms with E-state index in [9.17, 15) is 9.59 Å². The van der Waals surface area contributed by atoms with Crippen molar-refractivity contribution in [3.8, 4) is 0 Å². The van der Waals surface area contributed by atoms with E-state index in [-0.39, 0.29) is 17.9 Å². The van der Waals surface area contributed by atoms with Crippen LogP contribution in [0, 0.1) is 0 Å². The summed E-state index contributed by atoms with van der Waals surface area (Å²) in [6.45, 7) is 4.49. The molecule has 0 radical (unpaired) electrons. The zero-order chi connectivity index (χ0) is 14.3. The van der Waals surface area contributed by atoms with Crippen molar-refractivity contribution in [1.82, 2.24) is 10.2 Å². The molecule has 0 bridgehead atoms. The molecular formula is C14H18N4O2. The molecule has 0 aliphatic carbocycles. The summed E-state index contributed by atoms with van der Waals surface area (Å²) in [5.41, 5.74) is 8.01. The number of nitrogens with one attached hydrogen (secondary N) is 1. The third-order valence-corrected chi connectivity index (χ3v) is 4.01. The summed E-state index contributed by atoms with van der Waals surface area (Å²) in [7, 11) is 0. The number of anilines is 2. The normalized spacial score (nSPS) is 21.6. The fourth-order valence-electron chi connectivity index (χ4n) is 2.91. The highest BCUT2D eigenvalue weighted by Crippen LogP contribution is 2.25. The first-order chi connectivity index (χ1) is 9.56. The van der Waals surface area contributed by atoms with Crippen molar-refractivity contribution in [1.29, 1.82) is 0 Å². The first-order valence-corrected chi connectivity index (χ1v) is 6.76. The number of carbonyl (C=O) groups is 2. The summed E-state index contributed by atoms with van der Waals surface area (Å²) in [5.74, 6) is -0.0236. The van der Waals surface area contributed by atoms with Crippen LogP contribution in [0.15, 0.2) is 18.2 Å². The molecule has 3 N–H and O–H groups in total. The molecule has 2 aliphatic rings. The van der Waals surface area contributed by atoms with E-state index in [0.717, 1.165) is 18.8 Å². The monoisotopic (exact) mass is 274 g/mol. The van der Waals surface area contributed by atoms with Gasteiger partial charge in [0.15, 0.2) is 5.78 Å². The van der Waals surface area contributed by atoms with Crippen molar-refractivity contribution < 1.29 is 9.59 Å². The van der Waals surface area contributed by atoms with Crippen LogP contribution in [-0.2, 0) is 0 Å². The molecule has 2 fully saturated rings. The van der Waals surface area contributed by atoms with Crippen LogP contribution in [0.4, 0.5) is 16.2 Å². The average molecular weight is 274 g/mol. The third kappa shape index (κ3) is 2.07. The number of urea groups is 1. The number of nitrogen functional groups attached to an aromatic ring is 1. The molecule has 0 spiro atoms. The lowest BCUT2D eigenvalue weighted by Crippen LogP contribution is -2.52. The maximum Gasteiger partial charge on any atom is 0.317 e. The van der Waals surface area contributed by atoms with Crippen LogP contribution in [0.2, 0.25) is 0 Å². The van der Waals surface area contributed by atoms with Crippen LogP contribution >= 0.6 is 0 Å². The van der Waals surface area contributed by atoms with Crippen molar-refractivity contribution in [2.75, 3.05) is 36.8 Å². The van der Waals surface area contributed by atoms with Gasteiger partial charge in [-0.2, -0.15) is 0 Å². The smallest absolute Gasteiger partial charge is 0.317 e. The molecule has 2 saturated heterocycles. The molecule has 1 unspecified atom stereocenters. The van der Waals surface area contributed by atoms with Crippen molar-refractivity contribution in [2.45, 2.75) is 13.0 Å². The number of fused-ring (bicyclic) bond motifs is 1. The van der Waals surface area contributed by atoms with Crippen LogP contribution in [0.25, 0.3) is 0 Å². The van der Waals surface area contributed by atoms with Gasteiger partial charge in [0.1, 0.15) is 0 Å². The molecule has 1 aromatic carbocycles.